The van der Waals surface area contributed by atoms with E-state index in [-0.39, 0.29) is 5.57 Å². The third-order valence-corrected chi connectivity index (χ3v) is 3.78. The SMILES string of the molecule is CC(C)(C)OC(=O)C(C#N)=C1CCN(Cc2ccccc2)CC1. The third kappa shape index (κ3) is 5.22. The van der Waals surface area contributed by atoms with Gasteiger partial charge in [0.25, 0.3) is 0 Å². The van der Waals surface area contributed by atoms with Crippen molar-refractivity contribution < 1.29 is 9.53 Å². The zero-order valence-electron chi connectivity index (χ0n) is 14.1. The smallest absolute Gasteiger partial charge is 0.349 e. The van der Waals surface area contributed by atoms with Crippen molar-refractivity contribution in [2.45, 2.75) is 45.8 Å². The van der Waals surface area contributed by atoms with Gasteiger partial charge in [0.15, 0.2) is 0 Å². The van der Waals surface area contributed by atoms with Crippen LogP contribution in [0.3, 0.4) is 0 Å². The van der Waals surface area contributed by atoms with Gasteiger partial charge in [0.2, 0.25) is 0 Å². The summed E-state index contributed by atoms with van der Waals surface area (Å²) >= 11 is 0. The lowest BCUT2D eigenvalue weighted by Crippen LogP contribution is -2.32. The Balaban J connectivity index is 1.98. The molecular formula is C19H24N2O2. The number of esters is 1. The lowest BCUT2D eigenvalue weighted by Gasteiger charge is -2.29. The molecule has 4 heteroatoms. The van der Waals surface area contributed by atoms with Crippen molar-refractivity contribution in [3.05, 3.63) is 47.0 Å². The van der Waals surface area contributed by atoms with Gasteiger partial charge in [-0.25, -0.2) is 4.79 Å². The maximum Gasteiger partial charge on any atom is 0.349 e. The van der Waals surface area contributed by atoms with Gasteiger partial charge in [0.05, 0.1) is 0 Å². The minimum atomic E-state index is -0.576. The van der Waals surface area contributed by atoms with E-state index in [1.54, 1.807) is 0 Å². The first kappa shape index (κ1) is 17.2. The molecule has 0 radical (unpaired) electrons. The number of carbonyl (C=O) groups excluding carboxylic acids is 1. The Hall–Kier alpha value is -2.12. The topological polar surface area (TPSA) is 53.3 Å². The molecule has 0 unspecified atom stereocenters. The lowest BCUT2D eigenvalue weighted by molar-refractivity contribution is -0.149. The molecule has 1 aliphatic rings. The molecule has 1 heterocycles. The normalized spacial score (nSPS) is 15.8. The maximum atomic E-state index is 12.1. The van der Waals surface area contributed by atoms with Crippen molar-refractivity contribution in [2.75, 3.05) is 13.1 Å². The highest BCUT2D eigenvalue weighted by atomic mass is 16.6. The fraction of sp³-hybridized carbons (Fsp3) is 0.474. The number of piperidine rings is 1. The molecule has 1 aliphatic heterocycles. The second kappa shape index (κ2) is 7.43. The number of carbonyl (C=O) groups is 1. The summed E-state index contributed by atoms with van der Waals surface area (Å²) < 4.78 is 5.33. The van der Waals surface area contributed by atoms with Crippen molar-refractivity contribution in [3.63, 3.8) is 0 Å². The molecule has 4 nitrogen and oxygen atoms in total. The van der Waals surface area contributed by atoms with Gasteiger partial charge in [0.1, 0.15) is 17.2 Å². The number of ether oxygens (including phenoxy) is 1. The number of nitrogens with zero attached hydrogens (tertiary/aromatic N) is 2. The Labute approximate surface area is 138 Å². The largest absolute Gasteiger partial charge is 0.456 e. The number of benzene rings is 1. The predicted octanol–water partition coefficient (Wildman–Crippen LogP) is 3.44. The maximum absolute atomic E-state index is 12.1. The van der Waals surface area contributed by atoms with E-state index >= 15 is 0 Å². The Morgan fingerprint density at radius 1 is 1.22 bits per heavy atom. The van der Waals surface area contributed by atoms with E-state index in [1.165, 1.54) is 5.56 Å². The van der Waals surface area contributed by atoms with Gasteiger partial charge in [-0.1, -0.05) is 30.3 Å². The Morgan fingerprint density at radius 3 is 2.35 bits per heavy atom. The molecule has 122 valence electrons. The van der Waals surface area contributed by atoms with Crippen molar-refractivity contribution in [2.24, 2.45) is 0 Å². The number of likely N-dealkylation sites (tertiary alicyclic amines) is 1. The third-order valence-electron chi connectivity index (χ3n) is 3.78. The second-order valence-electron chi connectivity index (χ2n) is 6.85. The van der Waals surface area contributed by atoms with Crippen LogP contribution in [0.4, 0.5) is 0 Å². The lowest BCUT2D eigenvalue weighted by atomic mass is 9.98. The van der Waals surface area contributed by atoms with E-state index in [2.05, 4.69) is 17.0 Å². The van der Waals surface area contributed by atoms with E-state index in [0.717, 1.165) is 38.0 Å². The average Bonchev–Trinajstić information content (AvgIpc) is 2.49. The summed E-state index contributed by atoms with van der Waals surface area (Å²) in [7, 11) is 0. The summed E-state index contributed by atoms with van der Waals surface area (Å²) in [6.07, 6.45) is 1.49. The van der Waals surface area contributed by atoms with Crippen LogP contribution in [0.2, 0.25) is 0 Å². The summed E-state index contributed by atoms with van der Waals surface area (Å²) in [6, 6.07) is 12.4. The molecule has 0 amide bonds. The van der Waals surface area contributed by atoms with Crippen LogP contribution in [0.25, 0.3) is 0 Å². The molecule has 0 atom stereocenters. The summed E-state index contributed by atoms with van der Waals surface area (Å²) in [5.74, 6) is -0.494. The molecule has 0 N–H and O–H groups in total. The first-order chi connectivity index (χ1) is 10.9. The van der Waals surface area contributed by atoms with Crippen molar-refractivity contribution >= 4 is 5.97 Å². The van der Waals surface area contributed by atoms with Crippen LogP contribution in [0.15, 0.2) is 41.5 Å². The zero-order chi connectivity index (χ0) is 16.9. The molecule has 1 fully saturated rings. The summed E-state index contributed by atoms with van der Waals surface area (Å²) in [4.78, 5) is 14.5. The first-order valence-corrected chi connectivity index (χ1v) is 8.01. The summed E-state index contributed by atoms with van der Waals surface area (Å²) in [6.45, 7) is 8.06. The minimum absolute atomic E-state index is 0.194. The van der Waals surface area contributed by atoms with E-state index in [9.17, 15) is 10.1 Å². The number of nitriles is 1. The molecule has 1 aromatic carbocycles. The Bertz CT molecular complexity index is 611. The van der Waals surface area contributed by atoms with Crippen LogP contribution in [0.1, 0.15) is 39.2 Å². The summed E-state index contributed by atoms with van der Waals surface area (Å²) in [5.41, 5.74) is 1.83. The fourth-order valence-corrected chi connectivity index (χ4v) is 2.67. The highest BCUT2D eigenvalue weighted by molar-refractivity contribution is 5.94. The van der Waals surface area contributed by atoms with Gasteiger partial charge in [-0.05, 0) is 44.7 Å². The Morgan fingerprint density at radius 2 is 1.83 bits per heavy atom. The van der Waals surface area contributed by atoms with Crippen LogP contribution in [0.5, 0.6) is 0 Å². The fourth-order valence-electron chi connectivity index (χ4n) is 2.67. The highest BCUT2D eigenvalue weighted by Crippen LogP contribution is 2.23. The van der Waals surface area contributed by atoms with Gasteiger partial charge >= 0.3 is 5.97 Å². The van der Waals surface area contributed by atoms with Crippen LogP contribution in [-0.2, 0) is 16.1 Å². The standard InChI is InChI=1S/C19H24N2O2/c1-19(2,3)23-18(22)17(13-20)16-9-11-21(12-10-16)14-15-7-5-4-6-8-15/h4-8H,9-12,14H2,1-3H3. The molecule has 1 saturated heterocycles. The second-order valence-corrected chi connectivity index (χ2v) is 6.85. The van der Waals surface area contributed by atoms with Gasteiger partial charge in [-0.2, -0.15) is 5.26 Å². The number of rotatable bonds is 3. The average molecular weight is 312 g/mol. The van der Waals surface area contributed by atoms with Crippen LogP contribution >= 0.6 is 0 Å². The first-order valence-electron chi connectivity index (χ1n) is 8.01. The van der Waals surface area contributed by atoms with Crippen LogP contribution < -0.4 is 0 Å². The molecule has 0 spiro atoms. The van der Waals surface area contributed by atoms with E-state index in [0.29, 0.717) is 0 Å². The zero-order valence-corrected chi connectivity index (χ0v) is 14.1. The molecule has 2 rings (SSSR count). The van der Waals surface area contributed by atoms with Crippen molar-refractivity contribution in [3.8, 4) is 6.07 Å². The van der Waals surface area contributed by atoms with Crippen LogP contribution in [0, 0.1) is 11.3 Å². The molecule has 1 aromatic rings. The number of hydrogen-bond acceptors (Lipinski definition) is 4. The van der Waals surface area contributed by atoms with Gasteiger partial charge in [-0.3, -0.25) is 4.90 Å². The quantitative estimate of drug-likeness (QED) is 0.487. The van der Waals surface area contributed by atoms with Crippen molar-refractivity contribution in [1.82, 2.24) is 4.90 Å². The molecule has 0 saturated carbocycles. The number of hydrogen-bond donors (Lipinski definition) is 0. The molecule has 0 bridgehead atoms. The molecule has 23 heavy (non-hydrogen) atoms. The van der Waals surface area contributed by atoms with E-state index < -0.39 is 11.6 Å². The molecule has 0 aromatic heterocycles. The van der Waals surface area contributed by atoms with E-state index in [1.807, 2.05) is 45.0 Å². The summed E-state index contributed by atoms with van der Waals surface area (Å²) in [5, 5.41) is 9.32. The van der Waals surface area contributed by atoms with Crippen molar-refractivity contribution in [1.29, 1.82) is 5.26 Å². The van der Waals surface area contributed by atoms with E-state index in [4.69, 9.17) is 4.74 Å². The highest BCUT2D eigenvalue weighted by Gasteiger charge is 2.25. The predicted molar refractivity (Wildman–Crippen MR) is 89.4 cm³/mol. The van der Waals surface area contributed by atoms with Gasteiger partial charge in [-0.15, -0.1) is 0 Å². The molecular weight excluding hydrogens is 288 g/mol. The van der Waals surface area contributed by atoms with Crippen LogP contribution in [-0.4, -0.2) is 29.6 Å². The minimum Gasteiger partial charge on any atom is -0.456 e. The monoisotopic (exact) mass is 312 g/mol. The Kier molecular flexibility index (Phi) is 5.57. The van der Waals surface area contributed by atoms with Gasteiger partial charge < -0.3 is 4.74 Å². The molecule has 0 aliphatic carbocycles. The van der Waals surface area contributed by atoms with Gasteiger partial charge in [0, 0.05) is 19.6 Å².